The van der Waals surface area contributed by atoms with Crippen LogP contribution in [0.25, 0.3) is 0 Å². The van der Waals surface area contributed by atoms with E-state index in [9.17, 15) is 5.11 Å². The second-order valence-corrected chi connectivity index (χ2v) is 11.7. The lowest BCUT2D eigenvalue weighted by molar-refractivity contribution is 0.0420. The van der Waals surface area contributed by atoms with Gasteiger partial charge in [0.1, 0.15) is 0 Å². The fourth-order valence-electron chi connectivity index (χ4n) is 7.82. The van der Waals surface area contributed by atoms with E-state index in [1.54, 1.807) is 5.57 Å². The van der Waals surface area contributed by atoms with E-state index < -0.39 is 0 Å². The Morgan fingerprint density at radius 1 is 1.00 bits per heavy atom. The van der Waals surface area contributed by atoms with Gasteiger partial charge in [-0.1, -0.05) is 64.8 Å². The highest BCUT2D eigenvalue weighted by Crippen LogP contribution is 2.65. The van der Waals surface area contributed by atoms with Crippen molar-refractivity contribution in [2.75, 3.05) is 0 Å². The number of allylic oxidation sites excluding steroid dienone is 3. The number of aliphatic hydroxyl groups excluding tert-OH is 1. The van der Waals surface area contributed by atoms with E-state index in [0.29, 0.717) is 23.0 Å². The topological polar surface area (TPSA) is 32.8 Å². The maximum atomic E-state index is 10.2. The van der Waals surface area contributed by atoms with Crippen LogP contribution in [-0.2, 0) is 4.74 Å². The van der Waals surface area contributed by atoms with Crippen molar-refractivity contribution in [1.29, 1.82) is 0 Å². The summed E-state index contributed by atoms with van der Waals surface area (Å²) < 4.78 is 6.07. The molecule has 30 heavy (non-hydrogen) atoms. The summed E-state index contributed by atoms with van der Waals surface area (Å²) in [6, 6.07) is 0. The van der Waals surface area contributed by atoms with Gasteiger partial charge in [0.2, 0.25) is 0 Å². The summed E-state index contributed by atoms with van der Waals surface area (Å²) >= 11 is 0. The Labute approximate surface area is 185 Å². The van der Waals surface area contributed by atoms with E-state index in [-0.39, 0.29) is 6.10 Å². The molecule has 8 atom stereocenters. The Balaban J connectivity index is 0.00000106. The second kappa shape index (κ2) is 8.39. The Hall–Kier alpha value is -0.600. The molecule has 2 heteroatoms. The van der Waals surface area contributed by atoms with Gasteiger partial charge in [-0.2, -0.15) is 0 Å². The normalized spacial score (nSPS) is 46.7. The van der Waals surface area contributed by atoms with Gasteiger partial charge in [-0.25, -0.2) is 0 Å². The quantitative estimate of drug-likeness (QED) is 0.499. The van der Waals surface area contributed by atoms with Crippen molar-refractivity contribution in [2.24, 2.45) is 34.5 Å². The molecule has 3 saturated carbocycles. The highest BCUT2D eigenvalue weighted by molar-refractivity contribution is 5.38. The first-order valence-electron chi connectivity index (χ1n) is 13.1. The van der Waals surface area contributed by atoms with Crippen molar-refractivity contribution in [3.05, 3.63) is 23.3 Å². The first kappa shape index (κ1) is 22.6. The lowest BCUT2D eigenvalue weighted by Crippen LogP contribution is -2.46. The molecule has 1 heterocycles. The van der Waals surface area contributed by atoms with Crippen LogP contribution < -0.4 is 0 Å². The number of aliphatic hydroxyl groups is 1. The summed E-state index contributed by atoms with van der Waals surface area (Å²) in [6.07, 6.45) is 17.0. The Bertz CT molecular complexity index is 691. The van der Waals surface area contributed by atoms with Gasteiger partial charge in [-0.3, -0.25) is 0 Å². The van der Waals surface area contributed by atoms with E-state index in [1.165, 1.54) is 50.5 Å². The number of rotatable bonds is 4. The third kappa shape index (κ3) is 3.75. The van der Waals surface area contributed by atoms with Gasteiger partial charge in [0, 0.05) is 0 Å². The van der Waals surface area contributed by atoms with Crippen LogP contribution in [0, 0.1) is 34.5 Å². The molecule has 8 unspecified atom stereocenters. The molecule has 2 nitrogen and oxygen atoms in total. The van der Waals surface area contributed by atoms with E-state index in [4.69, 9.17) is 4.74 Å². The van der Waals surface area contributed by atoms with Crippen LogP contribution >= 0.6 is 0 Å². The molecule has 1 saturated heterocycles. The maximum absolute atomic E-state index is 10.2. The highest BCUT2D eigenvalue weighted by Gasteiger charge is 2.57. The molecule has 1 N–H and O–H groups in total. The highest BCUT2D eigenvalue weighted by atomic mass is 16.6. The fraction of sp³-hybridized carbons (Fsp3) is 0.857. The van der Waals surface area contributed by atoms with Crippen molar-refractivity contribution in [1.82, 2.24) is 0 Å². The van der Waals surface area contributed by atoms with E-state index in [2.05, 4.69) is 39.8 Å². The molecule has 1 aliphatic heterocycles. The Morgan fingerprint density at radius 2 is 1.77 bits per heavy atom. The molecular formula is C28H46O2. The largest absolute Gasteiger partial charge is 0.393 e. The smallest absolute Gasteiger partial charge is 0.0844 e. The number of hydrogen-bond donors (Lipinski definition) is 1. The van der Waals surface area contributed by atoms with Gasteiger partial charge in [0.15, 0.2) is 0 Å². The summed E-state index contributed by atoms with van der Waals surface area (Å²) in [5, 5.41) is 10.2. The van der Waals surface area contributed by atoms with E-state index in [1.807, 2.05) is 13.8 Å². The minimum absolute atomic E-state index is 0.115. The zero-order chi connectivity index (χ0) is 21.7. The van der Waals surface area contributed by atoms with Gasteiger partial charge in [0.25, 0.3) is 0 Å². The molecule has 170 valence electrons. The molecule has 4 fully saturated rings. The van der Waals surface area contributed by atoms with Gasteiger partial charge in [-0.05, 0) is 92.3 Å². The zero-order valence-corrected chi connectivity index (χ0v) is 20.4. The molecule has 5 rings (SSSR count). The molecule has 0 aromatic rings. The SMILES string of the molecule is CC.CC(C)CC1OC1CC1CCC2C3=CC=C4CC(O)CCC4(C)C3CCC12C. The van der Waals surface area contributed by atoms with Gasteiger partial charge in [0.05, 0.1) is 18.3 Å². The molecule has 0 spiro atoms. The van der Waals surface area contributed by atoms with Gasteiger partial charge < -0.3 is 9.84 Å². The number of hydrogen-bond acceptors (Lipinski definition) is 2. The minimum Gasteiger partial charge on any atom is -0.393 e. The van der Waals surface area contributed by atoms with Crippen LogP contribution in [0.3, 0.4) is 0 Å². The van der Waals surface area contributed by atoms with Crippen LogP contribution in [0.1, 0.15) is 99.3 Å². The first-order valence-corrected chi connectivity index (χ1v) is 13.1. The lowest BCUT2D eigenvalue weighted by atomic mass is 9.50. The monoisotopic (exact) mass is 414 g/mol. The lowest BCUT2D eigenvalue weighted by Gasteiger charge is -2.54. The summed E-state index contributed by atoms with van der Waals surface area (Å²) in [4.78, 5) is 0. The molecule has 0 aromatic heterocycles. The summed E-state index contributed by atoms with van der Waals surface area (Å²) in [5.41, 5.74) is 4.09. The average molecular weight is 415 g/mol. The molecule has 5 aliphatic rings. The third-order valence-electron chi connectivity index (χ3n) is 9.65. The van der Waals surface area contributed by atoms with Gasteiger partial charge in [-0.15, -0.1) is 0 Å². The van der Waals surface area contributed by atoms with Crippen molar-refractivity contribution in [3.8, 4) is 0 Å². The van der Waals surface area contributed by atoms with Crippen LogP contribution in [-0.4, -0.2) is 23.4 Å². The van der Waals surface area contributed by atoms with Crippen molar-refractivity contribution in [3.63, 3.8) is 0 Å². The molecule has 0 bridgehead atoms. The number of epoxide rings is 1. The zero-order valence-electron chi connectivity index (χ0n) is 20.4. The Morgan fingerprint density at radius 3 is 2.50 bits per heavy atom. The molecule has 0 amide bonds. The summed E-state index contributed by atoms with van der Waals surface area (Å²) in [7, 11) is 0. The predicted molar refractivity (Wildman–Crippen MR) is 125 cm³/mol. The van der Waals surface area contributed by atoms with Crippen LogP contribution in [0.2, 0.25) is 0 Å². The minimum atomic E-state index is -0.115. The van der Waals surface area contributed by atoms with Crippen molar-refractivity contribution in [2.45, 2.75) is 118 Å². The maximum Gasteiger partial charge on any atom is 0.0844 e. The second-order valence-electron chi connectivity index (χ2n) is 11.7. The fourth-order valence-corrected chi connectivity index (χ4v) is 7.82. The van der Waals surface area contributed by atoms with Gasteiger partial charge >= 0.3 is 0 Å². The van der Waals surface area contributed by atoms with Crippen molar-refractivity contribution < 1.29 is 9.84 Å². The molecule has 4 aliphatic carbocycles. The standard InChI is InChI=1S/C26H40O2.C2H6/c1-16(2)13-23-24(28-23)15-18-6-8-21-20-7-5-17-14-19(27)9-11-25(17,3)22(20)10-12-26(18,21)4;1-2/h5,7,16,18-19,21-24,27H,6,8-15H2,1-4H3;1-2H3. The average Bonchev–Trinajstić information content (AvgIpc) is 3.34. The van der Waals surface area contributed by atoms with Crippen LogP contribution in [0.5, 0.6) is 0 Å². The van der Waals surface area contributed by atoms with Crippen LogP contribution in [0.15, 0.2) is 23.3 Å². The van der Waals surface area contributed by atoms with E-state index >= 15 is 0 Å². The summed E-state index contributed by atoms with van der Waals surface area (Å²) in [6.45, 7) is 13.7. The summed E-state index contributed by atoms with van der Waals surface area (Å²) in [5.74, 6) is 3.09. The number of fused-ring (bicyclic) bond motifs is 5. The molecule has 0 radical (unpaired) electrons. The third-order valence-corrected chi connectivity index (χ3v) is 9.65. The number of ether oxygens (including phenoxy) is 1. The van der Waals surface area contributed by atoms with E-state index in [0.717, 1.165) is 36.5 Å². The molecular weight excluding hydrogens is 368 g/mol. The first-order chi connectivity index (χ1) is 14.3. The molecule has 0 aromatic carbocycles. The van der Waals surface area contributed by atoms with Crippen molar-refractivity contribution >= 4 is 0 Å². The predicted octanol–water partition coefficient (Wildman–Crippen LogP) is 7.08. The Kier molecular flexibility index (Phi) is 6.32. The van der Waals surface area contributed by atoms with Crippen LogP contribution in [0.4, 0.5) is 0 Å².